The van der Waals surface area contributed by atoms with Crippen molar-refractivity contribution in [3.05, 3.63) is 34.1 Å². The first-order chi connectivity index (χ1) is 9.11. The lowest BCUT2D eigenvalue weighted by atomic mass is 9.97. The monoisotopic (exact) mass is 328 g/mol. The van der Waals surface area contributed by atoms with Crippen molar-refractivity contribution in [3.63, 3.8) is 0 Å². The Bertz CT molecular complexity index is 465. The van der Waals surface area contributed by atoms with Gasteiger partial charge in [0.25, 0.3) is 5.91 Å². The molecule has 1 atom stereocenters. The number of carbonyl (C=O) groups excluding carboxylic acids is 1. The van der Waals surface area contributed by atoms with E-state index in [1.807, 2.05) is 11.9 Å². The molecule has 3 nitrogen and oxygen atoms in total. The van der Waals surface area contributed by atoms with Gasteiger partial charge in [-0.2, -0.15) is 0 Å². The van der Waals surface area contributed by atoms with Crippen molar-refractivity contribution in [2.75, 3.05) is 26.7 Å². The maximum absolute atomic E-state index is 13.5. The Morgan fingerprint density at radius 1 is 1.58 bits per heavy atom. The Morgan fingerprint density at radius 3 is 3.05 bits per heavy atom. The first-order valence-electron chi connectivity index (χ1n) is 6.50. The van der Waals surface area contributed by atoms with E-state index in [9.17, 15) is 9.18 Å². The second kappa shape index (κ2) is 6.48. The molecule has 0 saturated carbocycles. The van der Waals surface area contributed by atoms with Crippen molar-refractivity contribution in [2.45, 2.75) is 12.8 Å². The fraction of sp³-hybridized carbons (Fsp3) is 0.500. The minimum Gasteiger partial charge on any atom is -0.338 e. The topological polar surface area (TPSA) is 32.3 Å². The third-order valence-corrected chi connectivity index (χ3v) is 4.11. The van der Waals surface area contributed by atoms with E-state index in [1.165, 1.54) is 6.07 Å². The Balaban J connectivity index is 2.08. The molecule has 1 aromatic carbocycles. The van der Waals surface area contributed by atoms with Crippen LogP contribution in [0.15, 0.2) is 22.7 Å². The number of hydrogen-bond acceptors (Lipinski definition) is 2. The lowest BCUT2D eigenvalue weighted by Gasteiger charge is -2.32. The molecule has 5 heteroatoms. The summed E-state index contributed by atoms with van der Waals surface area (Å²) in [6.07, 6.45) is 2.15. The van der Waals surface area contributed by atoms with E-state index in [0.717, 1.165) is 32.5 Å². The van der Waals surface area contributed by atoms with E-state index in [2.05, 4.69) is 21.2 Å². The molecule has 0 aromatic heterocycles. The number of piperidine rings is 1. The summed E-state index contributed by atoms with van der Waals surface area (Å²) in [4.78, 5) is 14.2. The highest BCUT2D eigenvalue weighted by Crippen LogP contribution is 2.21. The van der Waals surface area contributed by atoms with Crippen LogP contribution in [0.1, 0.15) is 23.2 Å². The van der Waals surface area contributed by atoms with Gasteiger partial charge in [0.2, 0.25) is 0 Å². The number of benzene rings is 1. The quantitative estimate of drug-likeness (QED) is 0.925. The fourth-order valence-electron chi connectivity index (χ4n) is 2.52. The lowest BCUT2D eigenvalue weighted by molar-refractivity contribution is 0.0673. The Morgan fingerprint density at radius 2 is 2.37 bits per heavy atom. The van der Waals surface area contributed by atoms with Gasteiger partial charge in [-0.25, -0.2) is 4.39 Å². The van der Waals surface area contributed by atoms with Crippen LogP contribution >= 0.6 is 15.9 Å². The van der Waals surface area contributed by atoms with Crippen molar-refractivity contribution < 1.29 is 9.18 Å². The lowest BCUT2D eigenvalue weighted by Crippen LogP contribution is -2.42. The van der Waals surface area contributed by atoms with Gasteiger partial charge in [0.05, 0.1) is 4.47 Å². The predicted octanol–water partition coefficient (Wildman–Crippen LogP) is 2.66. The van der Waals surface area contributed by atoms with Crippen LogP contribution in [0, 0.1) is 11.7 Å². The molecule has 2 rings (SSSR count). The van der Waals surface area contributed by atoms with E-state index in [1.54, 1.807) is 12.1 Å². The molecule has 1 heterocycles. The smallest absolute Gasteiger partial charge is 0.253 e. The molecule has 0 bridgehead atoms. The minimum atomic E-state index is -0.394. The summed E-state index contributed by atoms with van der Waals surface area (Å²) >= 11 is 3.10. The van der Waals surface area contributed by atoms with Gasteiger partial charge in [-0.3, -0.25) is 4.79 Å². The van der Waals surface area contributed by atoms with Crippen LogP contribution < -0.4 is 5.32 Å². The second-order valence-corrected chi connectivity index (χ2v) is 5.80. The number of carbonyl (C=O) groups is 1. The van der Waals surface area contributed by atoms with Crippen molar-refractivity contribution in [1.29, 1.82) is 0 Å². The van der Waals surface area contributed by atoms with Crippen molar-refractivity contribution in [3.8, 4) is 0 Å². The standard InChI is InChI=1S/C14H18BrFN2O/c1-17-8-10-3-2-6-18(9-10)14(19)11-4-5-12(15)13(16)7-11/h4-5,7,10,17H,2-3,6,8-9H2,1H3. The molecule has 1 N–H and O–H groups in total. The number of likely N-dealkylation sites (tertiary alicyclic amines) is 1. The number of amides is 1. The Hall–Kier alpha value is -0.940. The highest BCUT2D eigenvalue weighted by Gasteiger charge is 2.24. The molecule has 19 heavy (non-hydrogen) atoms. The maximum Gasteiger partial charge on any atom is 0.253 e. The molecule has 1 aliphatic heterocycles. The van der Waals surface area contributed by atoms with Gasteiger partial charge in [-0.05, 0) is 66.5 Å². The molecule has 1 saturated heterocycles. The molecule has 1 aromatic rings. The summed E-state index contributed by atoms with van der Waals surface area (Å²) in [7, 11) is 1.92. The van der Waals surface area contributed by atoms with Gasteiger partial charge < -0.3 is 10.2 Å². The number of rotatable bonds is 3. The van der Waals surface area contributed by atoms with Gasteiger partial charge >= 0.3 is 0 Å². The van der Waals surface area contributed by atoms with Crippen LogP contribution in [0.3, 0.4) is 0 Å². The molecule has 1 fully saturated rings. The summed E-state index contributed by atoms with van der Waals surface area (Å²) in [6, 6.07) is 4.54. The highest BCUT2D eigenvalue weighted by molar-refractivity contribution is 9.10. The first-order valence-corrected chi connectivity index (χ1v) is 7.30. The number of nitrogens with one attached hydrogen (secondary N) is 1. The normalized spacial score (nSPS) is 19.5. The molecule has 0 aliphatic carbocycles. The second-order valence-electron chi connectivity index (χ2n) is 4.95. The molecule has 1 aliphatic rings. The van der Waals surface area contributed by atoms with E-state index < -0.39 is 5.82 Å². The Labute approximate surface area is 121 Å². The van der Waals surface area contributed by atoms with E-state index in [-0.39, 0.29) is 5.91 Å². The number of nitrogens with zero attached hydrogens (tertiary/aromatic N) is 1. The zero-order valence-electron chi connectivity index (χ0n) is 11.0. The summed E-state index contributed by atoms with van der Waals surface area (Å²) in [5.74, 6) is 0.0184. The molecule has 0 spiro atoms. The van der Waals surface area contributed by atoms with E-state index >= 15 is 0 Å². The van der Waals surface area contributed by atoms with Crippen LogP contribution in [0.25, 0.3) is 0 Å². The molecular weight excluding hydrogens is 311 g/mol. The summed E-state index contributed by atoms with van der Waals surface area (Å²) in [5.41, 5.74) is 0.422. The van der Waals surface area contributed by atoms with E-state index in [0.29, 0.717) is 16.0 Å². The number of hydrogen-bond donors (Lipinski definition) is 1. The van der Waals surface area contributed by atoms with E-state index in [4.69, 9.17) is 0 Å². The fourth-order valence-corrected chi connectivity index (χ4v) is 2.76. The van der Waals surface area contributed by atoms with Crippen LogP contribution in [0.5, 0.6) is 0 Å². The molecule has 1 unspecified atom stereocenters. The molecule has 0 radical (unpaired) electrons. The Kier molecular flexibility index (Phi) is 4.93. The van der Waals surface area contributed by atoms with Crippen LogP contribution in [0.2, 0.25) is 0 Å². The van der Waals surface area contributed by atoms with Crippen molar-refractivity contribution in [1.82, 2.24) is 10.2 Å². The van der Waals surface area contributed by atoms with Crippen LogP contribution in [-0.4, -0.2) is 37.5 Å². The number of halogens is 2. The molecular formula is C14H18BrFN2O. The van der Waals surface area contributed by atoms with Crippen molar-refractivity contribution >= 4 is 21.8 Å². The van der Waals surface area contributed by atoms with Crippen LogP contribution in [-0.2, 0) is 0 Å². The van der Waals surface area contributed by atoms with Gasteiger partial charge in [0.1, 0.15) is 5.82 Å². The highest BCUT2D eigenvalue weighted by atomic mass is 79.9. The SMILES string of the molecule is CNCC1CCCN(C(=O)c2ccc(Br)c(F)c2)C1. The minimum absolute atomic E-state index is 0.0767. The third-order valence-electron chi connectivity index (χ3n) is 3.47. The predicted molar refractivity (Wildman–Crippen MR) is 76.7 cm³/mol. The van der Waals surface area contributed by atoms with Crippen molar-refractivity contribution in [2.24, 2.45) is 5.92 Å². The summed E-state index contributed by atoms with van der Waals surface area (Å²) < 4.78 is 13.9. The van der Waals surface area contributed by atoms with Gasteiger partial charge in [-0.1, -0.05) is 0 Å². The largest absolute Gasteiger partial charge is 0.338 e. The summed E-state index contributed by atoms with van der Waals surface area (Å²) in [5, 5.41) is 3.15. The average molecular weight is 329 g/mol. The third kappa shape index (κ3) is 3.54. The average Bonchev–Trinajstić information content (AvgIpc) is 2.42. The van der Waals surface area contributed by atoms with Gasteiger partial charge in [0.15, 0.2) is 0 Å². The van der Waals surface area contributed by atoms with Gasteiger partial charge in [-0.15, -0.1) is 0 Å². The molecule has 1 amide bonds. The molecule has 104 valence electrons. The van der Waals surface area contributed by atoms with Gasteiger partial charge in [0, 0.05) is 18.7 Å². The summed E-state index contributed by atoms with van der Waals surface area (Å²) in [6.45, 7) is 2.42. The zero-order valence-corrected chi connectivity index (χ0v) is 12.5. The van der Waals surface area contributed by atoms with Crippen LogP contribution in [0.4, 0.5) is 4.39 Å². The first kappa shape index (κ1) is 14.5. The maximum atomic E-state index is 13.5. The zero-order chi connectivity index (χ0) is 13.8.